The SMILES string of the molecule is CC1C(C#C[Si](C)(C)C)C[C@@H]2C[C@H]1C2(C)C. The molecule has 0 saturated heterocycles. The van der Waals surface area contributed by atoms with Crippen molar-refractivity contribution in [2.75, 3.05) is 0 Å². The van der Waals surface area contributed by atoms with Crippen molar-refractivity contribution >= 4 is 8.07 Å². The van der Waals surface area contributed by atoms with Crippen molar-refractivity contribution in [3.63, 3.8) is 0 Å². The second-order valence-electron chi connectivity index (χ2n) is 7.58. The highest BCUT2D eigenvalue weighted by Crippen LogP contribution is 2.62. The smallest absolute Gasteiger partial charge is 0.129 e. The minimum Gasteiger partial charge on any atom is -0.132 e. The summed E-state index contributed by atoms with van der Waals surface area (Å²) in [7, 11) is -1.17. The summed E-state index contributed by atoms with van der Waals surface area (Å²) < 4.78 is 0. The maximum atomic E-state index is 3.62. The van der Waals surface area contributed by atoms with Crippen LogP contribution in [0.2, 0.25) is 19.6 Å². The van der Waals surface area contributed by atoms with E-state index in [0.717, 1.165) is 17.8 Å². The molecule has 16 heavy (non-hydrogen) atoms. The molecule has 2 unspecified atom stereocenters. The molecule has 0 aliphatic heterocycles. The minimum absolute atomic E-state index is 0.608. The fourth-order valence-corrected chi connectivity index (χ4v) is 4.27. The molecule has 3 saturated carbocycles. The molecule has 3 rings (SSSR count). The molecule has 3 fully saturated rings. The molecule has 0 aromatic carbocycles. The van der Waals surface area contributed by atoms with Crippen molar-refractivity contribution in [3.05, 3.63) is 0 Å². The van der Waals surface area contributed by atoms with Crippen molar-refractivity contribution in [1.82, 2.24) is 0 Å². The van der Waals surface area contributed by atoms with Gasteiger partial charge < -0.3 is 0 Å². The van der Waals surface area contributed by atoms with Gasteiger partial charge in [-0.15, -0.1) is 11.5 Å². The van der Waals surface area contributed by atoms with Crippen molar-refractivity contribution in [2.45, 2.75) is 53.3 Å². The van der Waals surface area contributed by atoms with Gasteiger partial charge in [-0.25, -0.2) is 0 Å². The summed E-state index contributed by atoms with van der Waals surface area (Å²) in [6, 6.07) is 0. The lowest BCUT2D eigenvalue weighted by Gasteiger charge is -2.61. The molecule has 0 radical (unpaired) electrons. The number of rotatable bonds is 0. The van der Waals surface area contributed by atoms with Gasteiger partial charge >= 0.3 is 0 Å². The van der Waals surface area contributed by atoms with Gasteiger partial charge in [0.15, 0.2) is 0 Å². The van der Waals surface area contributed by atoms with Crippen LogP contribution >= 0.6 is 0 Å². The molecule has 3 aliphatic carbocycles. The third-order valence-electron chi connectivity index (χ3n) is 4.99. The summed E-state index contributed by atoms with van der Waals surface area (Å²) in [5.41, 5.74) is 4.19. The predicted molar refractivity (Wildman–Crippen MR) is 73.8 cm³/mol. The topological polar surface area (TPSA) is 0 Å². The molecule has 1 heteroatoms. The lowest BCUT2D eigenvalue weighted by molar-refractivity contribution is -0.116. The molecule has 0 aromatic rings. The molecule has 3 aliphatic rings. The Bertz CT molecular complexity index is 337. The average molecular weight is 234 g/mol. The van der Waals surface area contributed by atoms with Crippen LogP contribution < -0.4 is 0 Å². The van der Waals surface area contributed by atoms with E-state index in [1.165, 1.54) is 12.8 Å². The van der Waals surface area contributed by atoms with Crippen molar-refractivity contribution in [2.24, 2.45) is 29.1 Å². The summed E-state index contributed by atoms with van der Waals surface area (Å²) in [5.74, 6) is 7.03. The summed E-state index contributed by atoms with van der Waals surface area (Å²) in [6.45, 7) is 14.4. The Labute approximate surface area is 102 Å². The molecular weight excluding hydrogens is 208 g/mol. The first-order valence-corrected chi connectivity index (χ1v) is 10.2. The summed E-state index contributed by atoms with van der Waals surface area (Å²) >= 11 is 0. The first-order valence-electron chi connectivity index (χ1n) is 6.74. The molecule has 90 valence electrons. The Morgan fingerprint density at radius 1 is 1.12 bits per heavy atom. The zero-order valence-electron chi connectivity index (χ0n) is 11.7. The Morgan fingerprint density at radius 2 is 1.75 bits per heavy atom. The average Bonchev–Trinajstić information content (AvgIpc) is 2.13. The highest BCUT2D eigenvalue weighted by molar-refractivity contribution is 6.83. The molecule has 2 bridgehead atoms. The maximum Gasteiger partial charge on any atom is 0.129 e. The molecule has 0 N–H and O–H groups in total. The molecule has 0 aromatic heterocycles. The fourth-order valence-electron chi connectivity index (χ4n) is 3.65. The van der Waals surface area contributed by atoms with Crippen LogP contribution in [0.4, 0.5) is 0 Å². The molecule has 0 spiro atoms. The third-order valence-corrected chi connectivity index (χ3v) is 5.88. The fraction of sp³-hybridized carbons (Fsp3) is 0.867. The summed E-state index contributed by atoms with van der Waals surface area (Å²) in [4.78, 5) is 0. The third kappa shape index (κ3) is 1.97. The van der Waals surface area contributed by atoms with Gasteiger partial charge in [0.1, 0.15) is 8.07 Å². The van der Waals surface area contributed by atoms with E-state index in [-0.39, 0.29) is 0 Å². The van der Waals surface area contributed by atoms with Crippen LogP contribution in [0.15, 0.2) is 0 Å². The van der Waals surface area contributed by atoms with Crippen molar-refractivity contribution in [1.29, 1.82) is 0 Å². The van der Waals surface area contributed by atoms with Gasteiger partial charge in [-0.1, -0.05) is 40.4 Å². The number of hydrogen-bond acceptors (Lipinski definition) is 0. The van der Waals surface area contributed by atoms with Gasteiger partial charge in [0.2, 0.25) is 0 Å². The monoisotopic (exact) mass is 234 g/mol. The zero-order valence-corrected chi connectivity index (χ0v) is 12.7. The Hall–Kier alpha value is -0.223. The molecular formula is C15H26Si. The second kappa shape index (κ2) is 3.64. The molecule has 4 atom stereocenters. The van der Waals surface area contributed by atoms with E-state index in [2.05, 4.69) is 51.9 Å². The van der Waals surface area contributed by atoms with Gasteiger partial charge in [0.25, 0.3) is 0 Å². The van der Waals surface area contributed by atoms with Crippen LogP contribution in [0, 0.1) is 40.6 Å². The largest absolute Gasteiger partial charge is 0.132 e. The minimum atomic E-state index is -1.17. The zero-order chi connectivity index (χ0) is 12.1. The van der Waals surface area contributed by atoms with E-state index in [4.69, 9.17) is 0 Å². The van der Waals surface area contributed by atoms with Gasteiger partial charge in [-0.05, 0) is 36.0 Å². The first kappa shape index (κ1) is 12.2. The molecule has 0 heterocycles. The van der Waals surface area contributed by atoms with E-state index < -0.39 is 8.07 Å². The van der Waals surface area contributed by atoms with E-state index >= 15 is 0 Å². The Kier molecular flexibility index (Phi) is 2.78. The van der Waals surface area contributed by atoms with Crippen LogP contribution in [0.25, 0.3) is 0 Å². The van der Waals surface area contributed by atoms with Crippen LogP contribution in [-0.4, -0.2) is 8.07 Å². The van der Waals surface area contributed by atoms with Crippen LogP contribution in [-0.2, 0) is 0 Å². The van der Waals surface area contributed by atoms with Gasteiger partial charge in [0.05, 0.1) is 0 Å². The van der Waals surface area contributed by atoms with Crippen molar-refractivity contribution < 1.29 is 0 Å². The lowest BCUT2D eigenvalue weighted by atomic mass is 9.43. The maximum absolute atomic E-state index is 3.62. The summed E-state index contributed by atoms with van der Waals surface area (Å²) in [5, 5.41) is 0. The predicted octanol–water partition coefficient (Wildman–Crippen LogP) is 4.19. The Morgan fingerprint density at radius 3 is 2.19 bits per heavy atom. The van der Waals surface area contributed by atoms with E-state index in [1.54, 1.807) is 0 Å². The van der Waals surface area contributed by atoms with Crippen molar-refractivity contribution in [3.8, 4) is 11.5 Å². The number of fused-ring (bicyclic) bond motifs is 2. The van der Waals surface area contributed by atoms with E-state index in [0.29, 0.717) is 11.3 Å². The highest BCUT2D eigenvalue weighted by atomic mass is 28.3. The number of hydrogen-bond donors (Lipinski definition) is 0. The van der Waals surface area contributed by atoms with Crippen LogP contribution in [0.5, 0.6) is 0 Å². The summed E-state index contributed by atoms with van der Waals surface area (Å²) in [6.07, 6.45) is 2.83. The molecule has 0 nitrogen and oxygen atoms in total. The van der Waals surface area contributed by atoms with Gasteiger partial charge in [0, 0.05) is 5.92 Å². The lowest BCUT2D eigenvalue weighted by Crippen LogP contribution is -2.54. The van der Waals surface area contributed by atoms with Gasteiger partial charge in [-0.3, -0.25) is 0 Å². The van der Waals surface area contributed by atoms with Gasteiger partial charge in [-0.2, -0.15) is 0 Å². The highest BCUT2D eigenvalue weighted by Gasteiger charge is 2.55. The first-order chi connectivity index (χ1) is 7.22. The normalized spacial score (nSPS) is 40.6. The van der Waals surface area contributed by atoms with E-state index in [9.17, 15) is 0 Å². The Balaban J connectivity index is 2.08. The second-order valence-corrected chi connectivity index (χ2v) is 12.3. The van der Waals surface area contributed by atoms with Crippen LogP contribution in [0.1, 0.15) is 33.6 Å². The van der Waals surface area contributed by atoms with Crippen LogP contribution in [0.3, 0.4) is 0 Å². The quantitative estimate of drug-likeness (QED) is 0.435. The standard InChI is InChI=1S/C15H26Si/c1-11-12(7-8-16(4,5)6)9-13-10-14(11)15(13,2)3/h11-14H,9-10H2,1-6H3/t11?,12?,13-,14-/m1/s1. The molecule has 0 amide bonds. The van der Waals surface area contributed by atoms with E-state index in [1.807, 2.05) is 0 Å².